The Kier molecular flexibility index (Phi) is 5.87. The van der Waals surface area contributed by atoms with E-state index in [1.54, 1.807) is 12.1 Å². The number of carbonyl (C=O) groups is 2. The van der Waals surface area contributed by atoms with Gasteiger partial charge in [-0.15, -0.1) is 0 Å². The highest BCUT2D eigenvalue weighted by molar-refractivity contribution is 6.31. The van der Waals surface area contributed by atoms with Crippen LogP contribution in [0, 0.1) is 11.6 Å². The van der Waals surface area contributed by atoms with Crippen LogP contribution in [-0.2, 0) is 4.79 Å². The molecule has 2 aromatic carbocycles. The van der Waals surface area contributed by atoms with E-state index >= 15 is 0 Å². The van der Waals surface area contributed by atoms with Gasteiger partial charge in [0.25, 0.3) is 0 Å². The van der Waals surface area contributed by atoms with Crippen molar-refractivity contribution in [2.75, 3.05) is 12.4 Å². The molecule has 0 aliphatic rings. The van der Waals surface area contributed by atoms with Gasteiger partial charge in [0.15, 0.2) is 5.78 Å². The molecule has 0 aromatic heterocycles. The van der Waals surface area contributed by atoms with Gasteiger partial charge in [-0.3, -0.25) is 9.59 Å². The Labute approximate surface area is 142 Å². The zero-order valence-electron chi connectivity index (χ0n) is 12.7. The summed E-state index contributed by atoms with van der Waals surface area (Å²) in [5.41, 5.74) is -0.287. The molecule has 0 saturated carbocycles. The molecule has 0 fully saturated rings. The molecule has 0 unspecified atom stereocenters. The molecule has 0 spiro atoms. The van der Waals surface area contributed by atoms with E-state index in [0.29, 0.717) is 10.8 Å². The van der Waals surface area contributed by atoms with E-state index in [1.165, 1.54) is 19.2 Å². The van der Waals surface area contributed by atoms with Gasteiger partial charge in [-0.1, -0.05) is 17.7 Å². The average molecular weight is 354 g/mol. The monoisotopic (exact) mass is 353 g/mol. The third-order valence-electron chi connectivity index (χ3n) is 3.27. The lowest BCUT2D eigenvalue weighted by atomic mass is 10.1. The third kappa shape index (κ3) is 4.29. The Morgan fingerprint density at radius 3 is 2.42 bits per heavy atom. The van der Waals surface area contributed by atoms with Gasteiger partial charge in [0.2, 0.25) is 5.91 Å². The lowest BCUT2D eigenvalue weighted by Crippen LogP contribution is -2.15. The van der Waals surface area contributed by atoms with E-state index < -0.39 is 23.2 Å². The fraction of sp³-hybridized carbons (Fsp3) is 0.176. The first-order chi connectivity index (χ1) is 11.4. The summed E-state index contributed by atoms with van der Waals surface area (Å²) < 4.78 is 32.0. The topological polar surface area (TPSA) is 55.4 Å². The van der Waals surface area contributed by atoms with Crippen molar-refractivity contribution in [1.29, 1.82) is 0 Å². The van der Waals surface area contributed by atoms with Gasteiger partial charge in [-0.2, -0.15) is 0 Å². The van der Waals surface area contributed by atoms with Crippen LogP contribution in [0.1, 0.15) is 23.2 Å². The molecule has 24 heavy (non-hydrogen) atoms. The maximum Gasteiger partial charge on any atom is 0.224 e. The number of carbonyl (C=O) groups excluding carboxylic acids is 2. The number of hydrogen-bond donors (Lipinski definition) is 1. The number of ketones is 1. The molecule has 4 nitrogen and oxygen atoms in total. The van der Waals surface area contributed by atoms with Gasteiger partial charge >= 0.3 is 0 Å². The van der Waals surface area contributed by atoms with E-state index in [0.717, 1.165) is 12.1 Å². The van der Waals surface area contributed by atoms with E-state index in [1.807, 2.05) is 0 Å². The summed E-state index contributed by atoms with van der Waals surface area (Å²) in [6, 6.07) is 7.81. The molecular weight excluding hydrogens is 340 g/mol. The molecular formula is C17H14ClF2NO3. The van der Waals surface area contributed by atoms with Crippen LogP contribution in [0.3, 0.4) is 0 Å². The summed E-state index contributed by atoms with van der Waals surface area (Å²) in [5.74, 6) is -2.46. The Balaban J connectivity index is 2.02. The smallest absolute Gasteiger partial charge is 0.224 e. The first kappa shape index (κ1) is 17.9. The van der Waals surface area contributed by atoms with Crippen molar-refractivity contribution in [3.63, 3.8) is 0 Å². The van der Waals surface area contributed by atoms with E-state index in [-0.39, 0.29) is 24.2 Å². The Morgan fingerprint density at radius 2 is 1.79 bits per heavy atom. The molecule has 0 bridgehead atoms. The van der Waals surface area contributed by atoms with Gasteiger partial charge in [-0.05, 0) is 30.3 Å². The SMILES string of the molecule is COc1ccc(Cl)cc1C(=O)CCC(=O)Nc1c(F)cccc1F. The highest BCUT2D eigenvalue weighted by Gasteiger charge is 2.16. The van der Waals surface area contributed by atoms with Crippen LogP contribution >= 0.6 is 11.6 Å². The largest absolute Gasteiger partial charge is 0.496 e. The van der Waals surface area contributed by atoms with Gasteiger partial charge in [0, 0.05) is 17.9 Å². The van der Waals surface area contributed by atoms with Gasteiger partial charge in [0.1, 0.15) is 23.1 Å². The molecule has 126 valence electrons. The minimum absolute atomic E-state index is 0.154. The first-order valence-electron chi connectivity index (χ1n) is 7.03. The number of Topliss-reactive ketones (excluding diaryl/α,β-unsaturated/α-hetero) is 1. The number of rotatable bonds is 6. The van der Waals surface area contributed by atoms with Crippen LogP contribution in [0.2, 0.25) is 5.02 Å². The summed E-state index contributed by atoms with van der Waals surface area (Å²) in [5, 5.41) is 2.49. The van der Waals surface area contributed by atoms with Crippen LogP contribution in [0.25, 0.3) is 0 Å². The van der Waals surface area contributed by atoms with Crippen molar-refractivity contribution in [1.82, 2.24) is 0 Å². The molecule has 0 heterocycles. The highest BCUT2D eigenvalue weighted by atomic mass is 35.5. The number of hydrogen-bond acceptors (Lipinski definition) is 3. The molecule has 7 heteroatoms. The van der Waals surface area contributed by atoms with Gasteiger partial charge in [-0.25, -0.2) is 8.78 Å². The lowest BCUT2D eigenvalue weighted by Gasteiger charge is -2.09. The van der Waals surface area contributed by atoms with Crippen LogP contribution in [-0.4, -0.2) is 18.8 Å². The normalized spacial score (nSPS) is 10.3. The quantitative estimate of drug-likeness (QED) is 0.791. The molecule has 0 atom stereocenters. The summed E-state index contributed by atoms with van der Waals surface area (Å²) in [6.45, 7) is 0. The highest BCUT2D eigenvalue weighted by Crippen LogP contribution is 2.24. The summed E-state index contributed by atoms with van der Waals surface area (Å²) >= 11 is 5.85. The summed E-state index contributed by atoms with van der Waals surface area (Å²) in [4.78, 5) is 24.0. The molecule has 0 saturated heterocycles. The number of halogens is 3. The Morgan fingerprint density at radius 1 is 1.12 bits per heavy atom. The number of ether oxygens (including phenoxy) is 1. The molecule has 0 aliphatic carbocycles. The lowest BCUT2D eigenvalue weighted by molar-refractivity contribution is -0.116. The Hall–Kier alpha value is -2.47. The number of nitrogens with one attached hydrogen (secondary N) is 1. The second kappa shape index (κ2) is 7.88. The standard InChI is InChI=1S/C17H14ClF2NO3/c1-24-15-7-5-10(18)9-11(15)14(22)6-8-16(23)21-17-12(19)3-2-4-13(17)20/h2-5,7,9H,6,8H2,1H3,(H,21,23). The van der Waals surface area contributed by atoms with Crippen molar-refractivity contribution in [2.24, 2.45) is 0 Å². The van der Waals surface area contributed by atoms with E-state index in [2.05, 4.69) is 5.32 Å². The van der Waals surface area contributed by atoms with Crippen molar-refractivity contribution in [3.8, 4) is 5.75 Å². The molecule has 2 rings (SSSR count). The number of para-hydroxylation sites is 1. The second-order valence-corrected chi connectivity index (χ2v) is 5.35. The van der Waals surface area contributed by atoms with E-state index in [9.17, 15) is 18.4 Å². The van der Waals surface area contributed by atoms with Gasteiger partial charge in [0.05, 0.1) is 12.7 Å². The first-order valence-corrected chi connectivity index (χ1v) is 7.40. The maximum atomic E-state index is 13.5. The van der Waals surface area contributed by atoms with Crippen molar-refractivity contribution in [3.05, 3.63) is 58.6 Å². The summed E-state index contributed by atoms with van der Waals surface area (Å²) in [6.07, 6.45) is -0.388. The molecule has 0 radical (unpaired) electrons. The van der Waals surface area contributed by atoms with Crippen molar-refractivity contribution >= 4 is 29.0 Å². The van der Waals surface area contributed by atoms with E-state index in [4.69, 9.17) is 16.3 Å². The van der Waals surface area contributed by atoms with Crippen LogP contribution in [0.4, 0.5) is 14.5 Å². The van der Waals surface area contributed by atoms with Crippen molar-refractivity contribution in [2.45, 2.75) is 12.8 Å². The fourth-order valence-corrected chi connectivity index (χ4v) is 2.25. The second-order valence-electron chi connectivity index (χ2n) is 4.91. The fourth-order valence-electron chi connectivity index (χ4n) is 2.08. The maximum absolute atomic E-state index is 13.5. The zero-order valence-corrected chi connectivity index (χ0v) is 13.5. The van der Waals surface area contributed by atoms with Crippen molar-refractivity contribution < 1.29 is 23.1 Å². The van der Waals surface area contributed by atoms with Crippen LogP contribution in [0.5, 0.6) is 5.75 Å². The third-order valence-corrected chi connectivity index (χ3v) is 3.50. The number of anilines is 1. The molecule has 1 amide bonds. The minimum Gasteiger partial charge on any atom is -0.496 e. The van der Waals surface area contributed by atoms with Gasteiger partial charge < -0.3 is 10.1 Å². The zero-order chi connectivity index (χ0) is 17.7. The minimum atomic E-state index is -0.883. The predicted molar refractivity (Wildman–Crippen MR) is 86.6 cm³/mol. The Bertz CT molecular complexity index is 760. The number of methoxy groups -OCH3 is 1. The molecule has 1 N–H and O–H groups in total. The molecule has 0 aliphatic heterocycles. The van der Waals surface area contributed by atoms with Crippen LogP contribution < -0.4 is 10.1 Å². The number of benzene rings is 2. The predicted octanol–water partition coefficient (Wildman–Crippen LogP) is 4.23. The number of amides is 1. The summed E-state index contributed by atoms with van der Waals surface area (Å²) in [7, 11) is 1.41. The van der Waals surface area contributed by atoms with Crippen LogP contribution in [0.15, 0.2) is 36.4 Å². The molecule has 2 aromatic rings. The average Bonchev–Trinajstić information content (AvgIpc) is 2.56.